The highest BCUT2D eigenvalue weighted by Gasteiger charge is 2.19. The number of para-hydroxylation sites is 1. The van der Waals surface area contributed by atoms with Crippen molar-refractivity contribution in [3.63, 3.8) is 0 Å². The molecule has 3 N–H and O–H groups in total. The minimum atomic E-state index is -0.985. The number of anilines is 1. The van der Waals surface area contributed by atoms with E-state index in [0.29, 0.717) is 17.1 Å². The Labute approximate surface area is 224 Å². The van der Waals surface area contributed by atoms with Crippen LogP contribution in [0.3, 0.4) is 0 Å². The topological polar surface area (TPSA) is 101 Å². The van der Waals surface area contributed by atoms with Gasteiger partial charge in [-0.1, -0.05) is 32.0 Å². The molecule has 0 saturated heterocycles. The highest BCUT2D eigenvalue weighted by atomic mass is 19.1. The van der Waals surface area contributed by atoms with Gasteiger partial charge in [0, 0.05) is 35.3 Å². The average molecular weight is 537 g/mol. The first kappa shape index (κ1) is 27.6. The van der Waals surface area contributed by atoms with Gasteiger partial charge < -0.3 is 24.9 Å². The molecule has 39 heavy (non-hydrogen) atoms. The number of carboxylic acid groups (broad SMARTS) is 1. The molecule has 1 atom stereocenters. The lowest BCUT2D eigenvalue weighted by atomic mass is 10.0. The first-order valence-electron chi connectivity index (χ1n) is 12.7. The number of rotatable bonds is 12. The number of carbonyl (C=O) groups excluding carboxylic acids is 1. The molecule has 4 aromatic rings. The molecule has 9 heteroatoms. The minimum absolute atomic E-state index is 0.0441. The molecule has 0 fully saturated rings. The van der Waals surface area contributed by atoms with Crippen LogP contribution in [0.2, 0.25) is 0 Å². The van der Waals surface area contributed by atoms with Crippen LogP contribution in [0, 0.1) is 17.6 Å². The van der Waals surface area contributed by atoms with E-state index in [1.54, 1.807) is 42.5 Å². The van der Waals surface area contributed by atoms with Gasteiger partial charge in [-0.25, -0.2) is 8.78 Å². The maximum atomic E-state index is 15.0. The molecule has 0 aliphatic carbocycles. The molecular formula is C30H30F2N2O5. The van der Waals surface area contributed by atoms with Crippen LogP contribution < -0.4 is 15.4 Å². The van der Waals surface area contributed by atoms with Gasteiger partial charge in [0.1, 0.15) is 35.3 Å². The predicted octanol–water partition coefficient (Wildman–Crippen LogP) is 6.49. The summed E-state index contributed by atoms with van der Waals surface area (Å²) in [7, 11) is 0. The van der Waals surface area contributed by atoms with E-state index < -0.39 is 17.6 Å². The van der Waals surface area contributed by atoms with Crippen LogP contribution in [0.1, 0.15) is 37.0 Å². The first-order valence-corrected chi connectivity index (χ1v) is 12.7. The van der Waals surface area contributed by atoms with Gasteiger partial charge in [-0.05, 0) is 48.7 Å². The van der Waals surface area contributed by atoms with E-state index in [1.807, 2.05) is 12.1 Å². The van der Waals surface area contributed by atoms with E-state index in [-0.39, 0.29) is 48.6 Å². The fourth-order valence-corrected chi connectivity index (χ4v) is 4.25. The van der Waals surface area contributed by atoms with E-state index in [9.17, 15) is 18.4 Å². The zero-order chi connectivity index (χ0) is 27.9. The number of benzene rings is 3. The highest BCUT2D eigenvalue weighted by Crippen LogP contribution is 2.34. The number of ether oxygens (including phenoxy) is 1. The van der Waals surface area contributed by atoms with E-state index in [4.69, 9.17) is 14.3 Å². The number of fused-ring (bicyclic) bond motifs is 1. The summed E-state index contributed by atoms with van der Waals surface area (Å²) in [5.41, 5.74) is 1.44. The molecule has 0 radical (unpaired) electrons. The van der Waals surface area contributed by atoms with Crippen molar-refractivity contribution in [2.45, 2.75) is 32.7 Å². The normalized spacial score (nSPS) is 11.9. The molecular weight excluding hydrogens is 506 g/mol. The molecule has 1 amide bonds. The van der Waals surface area contributed by atoms with E-state index in [2.05, 4.69) is 24.5 Å². The molecule has 1 heterocycles. The minimum Gasteiger partial charge on any atom is -0.491 e. The van der Waals surface area contributed by atoms with Crippen molar-refractivity contribution in [1.29, 1.82) is 0 Å². The van der Waals surface area contributed by atoms with Gasteiger partial charge in [-0.3, -0.25) is 9.59 Å². The number of carbonyl (C=O) groups is 2. The largest absolute Gasteiger partial charge is 0.491 e. The quantitative estimate of drug-likeness (QED) is 0.191. The third-order valence-corrected chi connectivity index (χ3v) is 6.04. The number of amides is 1. The smallest absolute Gasteiger partial charge is 0.305 e. The second-order valence-electron chi connectivity index (χ2n) is 9.67. The molecule has 0 aliphatic heterocycles. The summed E-state index contributed by atoms with van der Waals surface area (Å²) >= 11 is 0. The van der Waals surface area contributed by atoms with Crippen LogP contribution in [-0.2, 0) is 4.79 Å². The number of furan rings is 1. The van der Waals surface area contributed by atoms with Gasteiger partial charge >= 0.3 is 5.97 Å². The van der Waals surface area contributed by atoms with Crippen molar-refractivity contribution in [3.05, 3.63) is 83.9 Å². The Morgan fingerprint density at radius 3 is 2.33 bits per heavy atom. The molecule has 4 rings (SSSR count). The van der Waals surface area contributed by atoms with Gasteiger partial charge in [0.2, 0.25) is 0 Å². The number of halogens is 2. The molecule has 0 aliphatic rings. The Bertz CT molecular complexity index is 1390. The fraction of sp³-hybridized carbons (Fsp3) is 0.267. The predicted molar refractivity (Wildman–Crippen MR) is 145 cm³/mol. The summed E-state index contributed by atoms with van der Waals surface area (Å²) in [5, 5.41) is 15.4. The van der Waals surface area contributed by atoms with Crippen molar-refractivity contribution in [2.75, 3.05) is 18.5 Å². The maximum Gasteiger partial charge on any atom is 0.305 e. The molecule has 1 aromatic heterocycles. The average Bonchev–Trinajstić information content (AvgIpc) is 3.30. The molecule has 3 aromatic carbocycles. The summed E-state index contributed by atoms with van der Waals surface area (Å²) in [6, 6.07) is 17.6. The standard InChI is InChI=1S/C30H30F2N2O5/c1-18(2)13-22(34-21-9-7-19(8-10-21)30(37)33-12-11-28(35)36)17-38-23-15-24(31)29(25(32)16-23)27-14-20-5-3-4-6-26(20)39-27/h3-10,14-16,18,22,34H,11-13,17H2,1-2H3,(H,33,37)(H,35,36). The van der Waals surface area contributed by atoms with Gasteiger partial charge in [0.15, 0.2) is 0 Å². The SMILES string of the molecule is CC(C)CC(COc1cc(F)c(-c2cc3ccccc3o2)c(F)c1)Nc1ccc(C(=O)NCCC(=O)O)cc1. The molecule has 0 saturated carbocycles. The molecule has 1 unspecified atom stereocenters. The lowest BCUT2D eigenvalue weighted by Gasteiger charge is -2.22. The van der Waals surface area contributed by atoms with Gasteiger partial charge in [-0.2, -0.15) is 0 Å². The Morgan fingerprint density at radius 1 is 1.00 bits per heavy atom. The second-order valence-corrected chi connectivity index (χ2v) is 9.67. The zero-order valence-electron chi connectivity index (χ0n) is 21.7. The Morgan fingerprint density at radius 2 is 1.69 bits per heavy atom. The fourth-order valence-electron chi connectivity index (χ4n) is 4.25. The van der Waals surface area contributed by atoms with Crippen LogP contribution in [0.4, 0.5) is 14.5 Å². The number of aliphatic carboxylic acids is 1. The Balaban J connectivity index is 1.41. The number of hydrogen-bond acceptors (Lipinski definition) is 5. The van der Waals surface area contributed by atoms with Crippen LogP contribution in [0.5, 0.6) is 5.75 Å². The van der Waals surface area contributed by atoms with Crippen molar-refractivity contribution < 1.29 is 32.6 Å². The van der Waals surface area contributed by atoms with E-state index >= 15 is 0 Å². The Kier molecular flexibility index (Phi) is 8.81. The number of carboxylic acids is 1. The van der Waals surface area contributed by atoms with Crippen molar-refractivity contribution >= 4 is 28.5 Å². The van der Waals surface area contributed by atoms with Crippen LogP contribution >= 0.6 is 0 Å². The number of nitrogens with one attached hydrogen (secondary N) is 2. The van der Waals surface area contributed by atoms with Gasteiger partial charge in [0.05, 0.1) is 18.0 Å². The summed E-state index contributed by atoms with van der Waals surface area (Å²) in [5.74, 6) is -2.43. The second kappa shape index (κ2) is 12.4. The first-order chi connectivity index (χ1) is 18.7. The van der Waals surface area contributed by atoms with Crippen molar-refractivity contribution in [2.24, 2.45) is 5.92 Å². The van der Waals surface area contributed by atoms with Crippen molar-refractivity contribution in [1.82, 2.24) is 5.32 Å². The van der Waals surface area contributed by atoms with Gasteiger partial charge in [0.25, 0.3) is 5.91 Å². The lowest BCUT2D eigenvalue weighted by molar-refractivity contribution is -0.136. The van der Waals surface area contributed by atoms with E-state index in [1.165, 1.54) is 0 Å². The monoisotopic (exact) mass is 536 g/mol. The molecule has 7 nitrogen and oxygen atoms in total. The lowest BCUT2D eigenvalue weighted by Crippen LogP contribution is -2.29. The van der Waals surface area contributed by atoms with E-state index in [0.717, 1.165) is 29.6 Å². The van der Waals surface area contributed by atoms with Gasteiger partial charge in [-0.15, -0.1) is 0 Å². The third kappa shape index (κ3) is 7.34. The molecule has 0 bridgehead atoms. The summed E-state index contributed by atoms with van der Waals surface area (Å²) < 4.78 is 41.4. The molecule has 204 valence electrons. The zero-order valence-corrected chi connectivity index (χ0v) is 21.7. The van der Waals surface area contributed by atoms with Crippen LogP contribution in [-0.4, -0.2) is 36.2 Å². The highest BCUT2D eigenvalue weighted by molar-refractivity contribution is 5.94. The Hall–Kier alpha value is -4.40. The number of hydrogen-bond donors (Lipinski definition) is 3. The summed E-state index contributed by atoms with van der Waals surface area (Å²) in [4.78, 5) is 22.8. The van der Waals surface area contributed by atoms with Crippen LogP contribution in [0.25, 0.3) is 22.3 Å². The summed E-state index contributed by atoms with van der Waals surface area (Å²) in [6.07, 6.45) is 0.568. The van der Waals surface area contributed by atoms with Crippen LogP contribution in [0.15, 0.2) is 71.1 Å². The molecule has 0 spiro atoms. The third-order valence-electron chi connectivity index (χ3n) is 6.04. The maximum absolute atomic E-state index is 15.0. The summed E-state index contributed by atoms with van der Waals surface area (Å²) in [6.45, 7) is 4.31. The van der Waals surface area contributed by atoms with Crippen molar-refractivity contribution in [3.8, 4) is 17.1 Å².